The number of phenolic OH excluding ortho intramolecular Hbond substituents is 4. The molecule has 0 bridgehead atoms. The van der Waals surface area contributed by atoms with Gasteiger partial charge in [0.25, 0.3) is 0 Å². The van der Waals surface area contributed by atoms with Gasteiger partial charge in [-0.15, -0.1) is 22.7 Å². The minimum atomic E-state index is 0.104. The average molecular weight is 727 g/mol. The van der Waals surface area contributed by atoms with Crippen LogP contribution in [0.3, 0.4) is 0 Å². The molecule has 0 saturated carbocycles. The van der Waals surface area contributed by atoms with Gasteiger partial charge >= 0.3 is 0 Å². The normalized spacial score (nSPS) is 9.65. The van der Waals surface area contributed by atoms with E-state index in [1.165, 1.54) is 44.1 Å². The highest BCUT2D eigenvalue weighted by atomic mass is 32.1. The van der Waals surface area contributed by atoms with Crippen molar-refractivity contribution in [1.82, 2.24) is 19.9 Å². The van der Waals surface area contributed by atoms with Crippen LogP contribution < -0.4 is 0 Å². The van der Waals surface area contributed by atoms with Crippen LogP contribution in [0.2, 0.25) is 0 Å². The van der Waals surface area contributed by atoms with Gasteiger partial charge in [-0.25, -0.2) is 0 Å². The second-order valence-corrected chi connectivity index (χ2v) is 12.8. The highest BCUT2D eigenvalue weighted by Crippen LogP contribution is 2.28. The molecule has 52 heavy (non-hydrogen) atoms. The van der Waals surface area contributed by atoms with Crippen LogP contribution in [-0.2, 0) is 0 Å². The molecule has 0 unspecified atom stereocenters. The number of nitrogens with zero attached hydrogens (tertiary/aromatic N) is 4. The molecule has 4 N–H and O–H groups in total. The lowest BCUT2D eigenvalue weighted by atomic mass is 10.1. The summed E-state index contributed by atoms with van der Waals surface area (Å²) in [4.78, 5) is 18.6. The molecule has 0 fully saturated rings. The van der Waals surface area contributed by atoms with E-state index >= 15 is 0 Å². The van der Waals surface area contributed by atoms with Crippen molar-refractivity contribution in [2.75, 3.05) is 0 Å². The summed E-state index contributed by atoms with van der Waals surface area (Å²) in [5.41, 5.74) is 6.40. The number of aryl methyl sites for hydroxylation is 2. The first-order valence-corrected chi connectivity index (χ1v) is 17.7. The fraction of sp³-hybridized carbons (Fsp3) is 0.0476. The summed E-state index contributed by atoms with van der Waals surface area (Å²) >= 11 is 3.58. The zero-order valence-electron chi connectivity index (χ0n) is 28.6. The number of benzene rings is 2. The quantitative estimate of drug-likeness (QED) is 0.141. The van der Waals surface area contributed by atoms with Gasteiger partial charge in [0.15, 0.2) is 0 Å². The van der Waals surface area contributed by atoms with Gasteiger partial charge in [0.1, 0.15) is 23.0 Å². The van der Waals surface area contributed by atoms with Gasteiger partial charge in [-0.05, 0) is 143 Å². The summed E-state index contributed by atoms with van der Waals surface area (Å²) in [5, 5.41) is 39.5. The number of hydrogen-bond acceptors (Lipinski definition) is 10. The molecule has 10 heteroatoms. The Balaban J connectivity index is 0.000000146. The zero-order chi connectivity index (χ0) is 37.0. The second-order valence-electron chi connectivity index (χ2n) is 11.0. The molecule has 0 spiro atoms. The predicted molar refractivity (Wildman–Crippen MR) is 212 cm³/mol. The molecule has 0 aliphatic rings. The lowest BCUT2D eigenvalue weighted by molar-refractivity contribution is 0.448. The molecule has 0 radical (unpaired) electrons. The predicted octanol–water partition coefficient (Wildman–Crippen LogP) is 10.6. The summed E-state index contributed by atoms with van der Waals surface area (Å²) < 4.78 is 0. The Bertz CT molecular complexity index is 1800. The van der Waals surface area contributed by atoms with E-state index in [0.29, 0.717) is 0 Å². The molecule has 262 valence electrons. The Labute approximate surface area is 311 Å². The van der Waals surface area contributed by atoms with Crippen LogP contribution >= 0.6 is 22.7 Å². The first-order valence-electron chi connectivity index (χ1n) is 15.9. The molecular weight excluding hydrogens is 689 g/mol. The van der Waals surface area contributed by atoms with Crippen molar-refractivity contribution in [3.05, 3.63) is 181 Å². The van der Waals surface area contributed by atoms with Gasteiger partial charge < -0.3 is 20.4 Å². The van der Waals surface area contributed by atoms with Gasteiger partial charge in [0.05, 0.1) is 0 Å². The first kappa shape index (κ1) is 38.4. The van der Waals surface area contributed by atoms with Crippen LogP contribution in [0.5, 0.6) is 23.0 Å². The summed E-state index contributed by atoms with van der Waals surface area (Å²) in [5.74, 6) is 0.417. The van der Waals surface area contributed by atoms with Crippen LogP contribution in [0.1, 0.15) is 11.1 Å². The van der Waals surface area contributed by atoms with Gasteiger partial charge in [-0.3, -0.25) is 19.9 Å². The number of phenols is 4. The molecule has 0 aliphatic heterocycles. The van der Waals surface area contributed by atoms with E-state index in [9.17, 15) is 0 Å². The lowest BCUT2D eigenvalue weighted by Gasteiger charge is -1.97. The van der Waals surface area contributed by atoms with E-state index in [4.69, 9.17) is 20.4 Å². The average Bonchev–Trinajstić information content (AvgIpc) is 3.89. The highest BCUT2D eigenvalue weighted by Gasteiger charge is 1.97. The number of rotatable bonds is 3. The van der Waals surface area contributed by atoms with Gasteiger partial charge in [-0.1, -0.05) is 12.1 Å². The number of pyridine rings is 4. The smallest absolute Gasteiger partial charge is 0.119 e. The van der Waals surface area contributed by atoms with E-state index in [2.05, 4.69) is 55.0 Å². The molecule has 8 nitrogen and oxygen atoms in total. The monoisotopic (exact) mass is 726 g/mol. The van der Waals surface area contributed by atoms with E-state index in [1.807, 2.05) is 48.5 Å². The Morgan fingerprint density at radius 1 is 0.365 bits per heavy atom. The molecule has 6 aromatic heterocycles. The second kappa shape index (κ2) is 21.0. The maximum absolute atomic E-state index is 8.83. The largest absolute Gasteiger partial charge is 0.508 e. The van der Waals surface area contributed by atoms with Crippen molar-refractivity contribution < 1.29 is 20.4 Å². The van der Waals surface area contributed by atoms with Crippen LogP contribution in [0.25, 0.3) is 32.0 Å². The van der Waals surface area contributed by atoms with Crippen LogP contribution in [0.4, 0.5) is 0 Å². The summed E-state index contributed by atoms with van der Waals surface area (Å²) in [6, 6.07) is 33.2. The van der Waals surface area contributed by atoms with E-state index < -0.39 is 0 Å². The van der Waals surface area contributed by atoms with Crippen LogP contribution in [-0.4, -0.2) is 40.4 Å². The fourth-order valence-corrected chi connectivity index (χ4v) is 6.08. The third kappa shape index (κ3) is 13.9. The van der Waals surface area contributed by atoms with E-state index in [-0.39, 0.29) is 23.0 Å². The topological polar surface area (TPSA) is 132 Å². The minimum absolute atomic E-state index is 0.104. The Morgan fingerprint density at radius 3 is 0.808 bits per heavy atom. The maximum atomic E-state index is 8.83. The molecular formula is C42H38N4O4S2. The molecule has 8 rings (SSSR count). The number of thiophene rings is 2. The number of aromatic hydroxyl groups is 4. The summed E-state index contributed by atoms with van der Waals surface area (Å²) in [6.07, 6.45) is 14.3. The third-order valence-corrected chi connectivity index (χ3v) is 8.70. The molecule has 6 heterocycles. The standard InChI is InChI=1S/2C10H8N2.C8H6S2.2C7H8O2/c2*1-5-11-6-2-9(1)10-3-7-12-8-4-10;1-3-7(9-5-1)8-4-2-6-10-8;2*1-5-2-6(8)4-7(9)3-5/h2*1-8H;1-6H;2*2-4,8-9H,1H3. The number of hydrogen-bond donors (Lipinski definition) is 4. The highest BCUT2D eigenvalue weighted by molar-refractivity contribution is 7.20. The summed E-state index contributed by atoms with van der Waals surface area (Å²) in [6.45, 7) is 3.61. The van der Waals surface area contributed by atoms with Crippen molar-refractivity contribution in [3.8, 4) is 55.0 Å². The molecule has 8 aromatic rings. The van der Waals surface area contributed by atoms with E-state index in [1.54, 1.807) is 110 Å². The van der Waals surface area contributed by atoms with Gasteiger partial charge in [0, 0.05) is 71.5 Å². The van der Waals surface area contributed by atoms with Crippen molar-refractivity contribution in [1.29, 1.82) is 0 Å². The maximum Gasteiger partial charge on any atom is 0.119 e. The van der Waals surface area contributed by atoms with Crippen LogP contribution in [0.15, 0.2) is 170 Å². The van der Waals surface area contributed by atoms with Crippen molar-refractivity contribution in [3.63, 3.8) is 0 Å². The Kier molecular flexibility index (Phi) is 15.5. The van der Waals surface area contributed by atoms with Gasteiger partial charge in [-0.2, -0.15) is 0 Å². The van der Waals surface area contributed by atoms with Crippen molar-refractivity contribution in [2.45, 2.75) is 13.8 Å². The molecule has 0 aliphatic carbocycles. The Morgan fingerprint density at radius 2 is 0.615 bits per heavy atom. The zero-order valence-corrected chi connectivity index (χ0v) is 30.2. The van der Waals surface area contributed by atoms with Crippen LogP contribution in [0, 0.1) is 13.8 Å². The molecule has 0 amide bonds. The SMILES string of the molecule is Cc1cc(O)cc(O)c1.Cc1cc(O)cc(O)c1.c1cc(-c2ccncc2)ccn1.c1cc(-c2ccncc2)ccn1.c1csc(-c2cccs2)c1. The molecule has 0 saturated heterocycles. The number of aromatic nitrogens is 4. The first-order chi connectivity index (χ1) is 25.3. The van der Waals surface area contributed by atoms with Crippen molar-refractivity contribution in [2.24, 2.45) is 0 Å². The molecule has 2 aromatic carbocycles. The Hall–Kier alpha value is -6.36. The van der Waals surface area contributed by atoms with E-state index in [0.717, 1.165) is 11.1 Å². The lowest BCUT2D eigenvalue weighted by Crippen LogP contribution is -1.77. The third-order valence-electron chi connectivity index (χ3n) is 6.77. The van der Waals surface area contributed by atoms with Crippen molar-refractivity contribution >= 4 is 22.7 Å². The minimum Gasteiger partial charge on any atom is -0.508 e. The van der Waals surface area contributed by atoms with Gasteiger partial charge in [0.2, 0.25) is 0 Å². The fourth-order valence-electron chi connectivity index (χ4n) is 4.50. The summed E-state index contributed by atoms with van der Waals surface area (Å²) in [7, 11) is 0. The molecule has 0 atom stereocenters.